The average Bonchev–Trinajstić information content (AvgIpc) is 2.51. The van der Waals surface area contributed by atoms with Crippen LogP contribution in [0.3, 0.4) is 0 Å². The van der Waals surface area contributed by atoms with Gasteiger partial charge in [0, 0.05) is 18.0 Å². The quantitative estimate of drug-likeness (QED) is 0.439. The Balaban J connectivity index is 5.48. The van der Waals surface area contributed by atoms with E-state index in [0.29, 0.717) is 5.92 Å². The second-order valence-corrected chi connectivity index (χ2v) is 5.59. The van der Waals surface area contributed by atoms with Crippen molar-refractivity contribution in [3.8, 4) is 0 Å². The maximum absolute atomic E-state index is 13.5. The molecule has 122 valence electrons. The predicted molar refractivity (Wildman–Crippen MR) is 91.8 cm³/mol. The Bertz CT molecular complexity index is 336. The summed E-state index contributed by atoms with van der Waals surface area (Å²) in [5.41, 5.74) is 7.16. The van der Waals surface area contributed by atoms with Crippen LogP contribution in [0, 0.1) is 11.8 Å². The van der Waals surface area contributed by atoms with E-state index in [2.05, 4.69) is 32.7 Å². The summed E-state index contributed by atoms with van der Waals surface area (Å²) < 4.78 is 13.5. The Hall–Kier alpha value is -1.09. The molecule has 4 atom stereocenters. The fourth-order valence-electron chi connectivity index (χ4n) is 2.68. The number of alkyl halides is 1. The van der Waals surface area contributed by atoms with Crippen LogP contribution < -0.4 is 11.1 Å². The number of allylic oxidation sites excluding steroid dienone is 3. The lowest BCUT2D eigenvalue weighted by Gasteiger charge is -2.36. The van der Waals surface area contributed by atoms with Crippen LogP contribution in [0.15, 0.2) is 36.6 Å². The molecule has 0 aliphatic heterocycles. The minimum Gasteiger partial charge on any atom is -0.387 e. The third-order valence-electron chi connectivity index (χ3n) is 4.15. The maximum Gasteiger partial charge on any atom is 0.111 e. The first-order valence-electron chi connectivity index (χ1n) is 8.11. The number of hydrogen-bond acceptors (Lipinski definition) is 2. The van der Waals surface area contributed by atoms with E-state index in [1.807, 2.05) is 25.3 Å². The molecule has 2 nitrogen and oxygen atoms in total. The summed E-state index contributed by atoms with van der Waals surface area (Å²) in [5.74, 6) is 0.429. The molecule has 0 rings (SSSR count). The lowest BCUT2D eigenvalue weighted by Crippen LogP contribution is -2.48. The number of hydrogen-bond donors (Lipinski definition) is 2. The lowest BCUT2D eigenvalue weighted by atomic mass is 9.77. The highest BCUT2D eigenvalue weighted by Crippen LogP contribution is 2.27. The normalized spacial score (nSPS) is 18.3. The molecule has 0 fully saturated rings. The molecular weight excluding hydrogens is 263 g/mol. The molecule has 2 unspecified atom stereocenters. The van der Waals surface area contributed by atoms with E-state index in [9.17, 15) is 4.39 Å². The van der Waals surface area contributed by atoms with E-state index >= 15 is 0 Å². The first-order valence-corrected chi connectivity index (χ1v) is 8.11. The van der Waals surface area contributed by atoms with Crippen LogP contribution >= 0.6 is 0 Å². The molecule has 0 radical (unpaired) electrons. The van der Waals surface area contributed by atoms with Crippen LogP contribution in [0.5, 0.6) is 0 Å². The van der Waals surface area contributed by atoms with Crippen LogP contribution in [-0.2, 0) is 0 Å². The molecule has 0 bridgehead atoms. The highest BCUT2D eigenvalue weighted by Gasteiger charge is 2.31. The van der Waals surface area contributed by atoms with Gasteiger partial charge in [0.15, 0.2) is 0 Å². The number of nitrogens with one attached hydrogen (secondary N) is 1. The predicted octanol–water partition coefficient (Wildman–Crippen LogP) is 4.35. The summed E-state index contributed by atoms with van der Waals surface area (Å²) >= 11 is 0. The first kappa shape index (κ1) is 19.9. The summed E-state index contributed by atoms with van der Waals surface area (Å²) in [4.78, 5) is 0. The first-order chi connectivity index (χ1) is 10.1. The fraction of sp³-hybridized carbons (Fsp3) is 0.667. The Labute approximate surface area is 130 Å². The second-order valence-electron chi connectivity index (χ2n) is 5.59. The molecule has 0 heterocycles. The van der Waals surface area contributed by atoms with Gasteiger partial charge in [-0.2, -0.15) is 0 Å². The van der Waals surface area contributed by atoms with Crippen LogP contribution in [0.25, 0.3) is 0 Å². The third-order valence-corrected chi connectivity index (χ3v) is 4.15. The van der Waals surface area contributed by atoms with Crippen molar-refractivity contribution in [2.45, 2.75) is 59.0 Å². The van der Waals surface area contributed by atoms with E-state index in [1.54, 1.807) is 6.08 Å². The van der Waals surface area contributed by atoms with E-state index in [0.717, 1.165) is 24.8 Å². The third kappa shape index (κ3) is 6.47. The molecule has 0 aromatic heterocycles. The molecule has 3 N–H and O–H groups in total. The largest absolute Gasteiger partial charge is 0.387 e. The van der Waals surface area contributed by atoms with Crippen molar-refractivity contribution < 1.29 is 4.39 Å². The zero-order valence-electron chi connectivity index (χ0n) is 14.1. The van der Waals surface area contributed by atoms with Gasteiger partial charge in [-0.05, 0) is 36.6 Å². The molecule has 3 heteroatoms. The summed E-state index contributed by atoms with van der Waals surface area (Å²) in [5, 5.41) is 3.42. The van der Waals surface area contributed by atoms with Crippen LogP contribution in [-0.4, -0.2) is 18.8 Å². The number of rotatable bonds is 11. The van der Waals surface area contributed by atoms with Gasteiger partial charge in [0.2, 0.25) is 0 Å². The summed E-state index contributed by atoms with van der Waals surface area (Å²) in [6, 6.07) is 0.0943. The Morgan fingerprint density at radius 2 is 1.95 bits per heavy atom. The van der Waals surface area contributed by atoms with Gasteiger partial charge in [0.05, 0.1) is 0 Å². The molecule has 21 heavy (non-hydrogen) atoms. The van der Waals surface area contributed by atoms with Crippen molar-refractivity contribution in [2.24, 2.45) is 17.6 Å². The number of halogens is 1. The van der Waals surface area contributed by atoms with Gasteiger partial charge in [-0.15, -0.1) is 0 Å². The average molecular weight is 296 g/mol. The van der Waals surface area contributed by atoms with Gasteiger partial charge >= 0.3 is 0 Å². The van der Waals surface area contributed by atoms with Crippen molar-refractivity contribution in [1.29, 1.82) is 0 Å². The molecule has 0 aromatic carbocycles. The van der Waals surface area contributed by atoms with Crippen molar-refractivity contribution in [3.05, 3.63) is 36.6 Å². The topological polar surface area (TPSA) is 38.0 Å². The van der Waals surface area contributed by atoms with Crippen LogP contribution in [0.2, 0.25) is 0 Å². The zero-order chi connectivity index (χ0) is 16.3. The standard InChI is InChI=1S/C18H33FN2/c1-6-10-12-21-18(14(5)8-3)17(16(20)9-4)15(13-19)11-7-2/h6,10-12,14,16-18,21H,1,7-9,13,20H2,2-5H3/b12-10-,15-11?/t14-,16-,17?,18?/m1/s1. The molecule has 0 aliphatic carbocycles. The Kier molecular flexibility index (Phi) is 11.0. The minimum absolute atomic E-state index is 0.0179. The van der Waals surface area contributed by atoms with Gasteiger partial charge in [0.25, 0.3) is 0 Å². The Morgan fingerprint density at radius 1 is 1.29 bits per heavy atom. The fourth-order valence-corrected chi connectivity index (χ4v) is 2.68. The SMILES string of the molecule is C=C/C=C\NC(C(C(=CCC)CF)[C@H](N)CC)[C@H](C)CC. The van der Waals surface area contributed by atoms with E-state index < -0.39 is 6.67 Å². The highest BCUT2D eigenvalue weighted by molar-refractivity contribution is 5.15. The van der Waals surface area contributed by atoms with Crippen molar-refractivity contribution in [2.75, 3.05) is 6.67 Å². The van der Waals surface area contributed by atoms with Gasteiger partial charge in [0.1, 0.15) is 6.67 Å². The molecule has 0 saturated carbocycles. The van der Waals surface area contributed by atoms with Gasteiger partial charge in [-0.25, -0.2) is 4.39 Å². The van der Waals surface area contributed by atoms with E-state index in [1.165, 1.54) is 0 Å². The highest BCUT2D eigenvalue weighted by atomic mass is 19.1. The molecule has 0 amide bonds. The maximum atomic E-state index is 13.5. The van der Waals surface area contributed by atoms with Gasteiger partial charge < -0.3 is 11.1 Å². The summed E-state index contributed by atoms with van der Waals surface area (Å²) in [7, 11) is 0. The lowest BCUT2D eigenvalue weighted by molar-refractivity contribution is 0.265. The minimum atomic E-state index is -0.425. The molecule has 0 spiro atoms. The van der Waals surface area contributed by atoms with Crippen molar-refractivity contribution in [1.82, 2.24) is 5.32 Å². The van der Waals surface area contributed by atoms with Crippen LogP contribution in [0.1, 0.15) is 47.0 Å². The monoisotopic (exact) mass is 296 g/mol. The Morgan fingerprint density at radius 3 is 2.38 bits per heavy atom. The number of nitrogens with two attached hydrogens (primary N) is 1. The molecule has 0 aromatic rings. The molecular formula is C18H33FN2. The second kappa shape index (κ2) is 11.6. The van der Waals surface area contributed by atoms with E-state index in [-0.39, 0.29) is 18.0 Å². The van der Waals surface area contributed by atoms with Gasteiger partial charge in [-0.3, -0.25) is 0 Å². The summed E-state index contributed by atoms with van der Waals surface area (Å²) in [6.07, 6.45) is 10.2. The smallest absolute Gasteiger partial charge is 0.111 e. The zero-order valence-corrected chi connectivity index (χ0v) is 14.1. The van der Waals surface area contributed by atoms with E-state index in [4.69, 9.17) is 5.73 Å². The van der Waals surface area contributed by atoms with Crippen LogP contribution in [0.4, 0.5) is 4.39 Å². The van der Waals surface area contributed by atoms with Crippen molar-refractivity contribution >= 4 is 0 Å². The molecule has 0 saturated heterocycles. The molecule has 0 aliphatic rings. The summed E-state index contributed by atoms with van der Waals surface area (Å²) in [6.45, 7) is 11.7. The van der Waals surface area contributed by atoms with Crippen molar-refractivity contribution in [3.63, 3.8) is 0 Å². The van der Waals surface area contributed by atoms with Gasteiger partial charge in [-0.1, -0.05) is 52.8 Å².